The number of H-pyrrole nitrogens is 1. The van der Waals surface area contributed by atoms with E-state index < -0.39 is 4.92 Å². The zero-order valence-corrected chi connectivity index (χ0v) is 8.61. The van der Waals surface area contributed by atoms with Gasteiger partial charge >= 0.3 is 5.69 Å². The number of aromatic nitrogens is 2. The second kappa shape index (κ2) is 3.38. The Bertz CT molecular complexity index is 494. The van der Waals surface area contributed by atoms with Gasteiger partial charge < -0.3 is 4.98 Å². The summed E-state index contributed by atoms with van der Waals surface area (Å²) in [5.41, 5.74) is 1.79. The fraction of sp³-hybridized carbons (Fsp3) is 0.125. The van der Waals surface area contributed by atoms with Crippen molar-refractivity contribution in [2.75, 3.05) is 0 Å². The average Bonchev–Trinajstić information content (AvgIpc) is 2.62. The standard InChI is InChI=1S/C8H6BrN3O2/c9-3-5-1-2-6-7(11-4-10-6)8(5)12(13)14/h1-2,4H,3H2,(H,10,11). The number of aromatic amines is 1. The van der Waals surface area contributed by atoms with E-state index in [0.717, 1.165) is 0 Å². The van der Waals surface area contributed by atoms with Gasteiger partial charge in [0.25, 0.3) is 0 Å². The van der Waals surface area contributed by atoms with Crippen molar-refractivity contribution in [1.82, 2.24) is 9.97 Å². The molecule has 14 heavy (non-hydrogen) atoms. The molecule has 0 aliphatic rings. The lowest BCUT2D eigenvalue weighted by atomic mass is 10.2. The molecule has 0 atom stereocenters. The minimum Gasteiger partial charge on any atom is -0.344 e. The zero-order chi connectivity index (χ0) is 10.1. The molecule has 0 aliphatic carbocycles. The summed E-state index contributed by atoms with van der Waals surface area (Å²) in [5, 5.41) is 11.3. The zero-order valence-electron chi connectivity index (χ0n) is 7.03. The fourth-order valence-corrected chi connectivity index (χ4v) is 1.80. The Balaban J connectivity index is 2.82. The minimum atomic E-state index is -0.403. The van der Waals surface area contributed by atoms with Gasteiger partial charge in [0, 0.05) is 10.9 Å². The molecule has 2 aromatic rings. The average molecular weight is 256 g/mol. The van der Waals surface area contributed by atoms with E-state index in [0.29, 0.717) is 21.9 Å². The third kappa shape index (κ3) is 1.27. The molecule has 0 unspecified atom stereocenters. The molecule has 0 aliphatic heterocycles. The molecule has 0 spiro atoms. The van der Waals surface area contributed by atoms with Crippen molar-refractivity contribution in [2.24, 2.45) is 0 Å². The van der Waals surface area contributed by atoms with Crippen LogP contribution in [0, 0.1) is 10.1 Å². The summed E-state index contributed by atoms with van der Waals surface area (Å²) in [6.45, 7) is 0. The molecule has 0 radical (unpaired) electrons. The Labute approximate surface area is 87.4 Å². The van der Waals surface area contributed by atoms with E-state index in [1.807, 2.05) is 0 Å². The number of hydrogen-bond donors (Lipinski definition) is 1. The van der Waals surface area contributed by atoms with Gasteiger partial charge in [-0.25, -0.2) is 4.98 Å². The van der Waals surface area contributed by atoms with Gasteiger partial charge in [-0.1, -0.05) is 15.9 Å². The van der Waals surface area contributed by atoms with Crippen LogP contribution in [0.3, 0.4) is 0 Å². The number of benzene rings is 1. The summed E-state index contributed by atoms with van der Waals surface area (Å²) in [6, 6.07) is 3.50. The Hall–Kier alpha value is -1.43. The number of imidazole rings is 1. The maximum absolute atomic E-state index is 10.8. The number of nitro groups is 1. The molecule has 5 nitrogen and oxygen atoms in total. The molecule has 6 heteroatoms. The molecule has 1 aromatic carbocycles. The monoisotopic (exact) mass is 255 g/mol. The van der Waals surface area contributed by atoms with Crippen LogP contribution >= 0.6 is 15.9 Å². The van der Waals surface area contributed by atoms with Crippen LogP contribution in [0.5, 0.6) is 0 Å². The molecular weight excluding hydrogens is 250 g/mol. The van der Waals surface area contributed by atoms with Crippen LogP contribution in [0.2, 0.25) is 0 Å². The van der Waals surface area contributed by atoms with E-state index in [-0.39, 0.29) is 5.69 Å². The number of alkyl halides is 1. The first kappa shape index (κ1) is 9.14. The van der Waals surface area contributed by atoms with E-state index >= 15 is 0 Å². The molecular formula is C8H6BrN3O2. The van der Waals surface area contributed by atoms with Gasteiger partial charge in [0.15, 0.2) is 5.52 Å². The largest absolute Gasteiger partial charge is 0.344 e. The van der Waals surface area contributed by atoms with Crippen molar-refractivity contribution >= 4 is 32.7 Å². The van der Waals surface area contributed by atoms with Crippen LogP contribution in [0.15, 0.2) is 18.5 Å². The van der Waals surface area contributed by atoms with Crippen LogP contribution in [0.1, 0.15) is 5.56 Å². The maximum Gasteiger partial charge on any atom is 0.301 e. The van der Waals surface area contributed by atoms with Crippen molar-refractivity contribution in [1.29, 1.82) is 0 Å². The normalized spacial score (nSPS) is 10.6. The number of rotatable bonds is 2. The highest BCUT2D eigenvalue weighted by molar-refractivity contribution is 9.08. The second-order valence-corrected chi connectivity index (χ2v) is 3.32. The highest BCUT2D eigenvalue weighted by Crippen LogP contribution is 2.28. The van der Waals surface area contributed by atoms with Crippen molar-refractivity contribution < 1.29 is 4.92 Å². The lowest BCUT2D eigenvalue weighted by Crippen LogP contribution is -1.94. The predicted octanol–water partition coefficient (Wildman–Crippen LogP) is 2.37. The van der Waals surface area contributed by atoms with Gasteiger partial charge in [0.2, 0.25) is 0 Å². The number of nitrogens with zero attached hydrogens (tertiary/aromatic N) is 2. The lowest BCUT2D eigenvalue weighted by Gasteiger charge is -1.98. The Morgan fingerprint density at radius 2 is 2.36 bits per heavy atom. The number of halogens is 1. The molecule has 1 heterocycles. The summed E-state index contributed by atoms with van der Waals surface area (Å²) in [7, 11) is 0. The van der Waals surface area contributed by atoms with E-state index in [9.17, 15) is 10.1 Å². The number of hydrogen-bond acceptors (Lipinski definition) is 3. The van der Waals surface area contributed by atoms with Crippen molar-refractivity contribution in [2.45, 2.75) is 5.33 Å². The lowest BCUT2D eigenvalue weighted by molar-refractivity contribution is -0.383. The van der Waals surface area contributed by atoms with Crippen molar-refractivity contribution in [3.63, 3.8) is 0 Å². The quantitative estimate of drug-likeness (QED) is 0.509. The third-order valence-electron chi connectivity index (χ3n) is 1.98. The van der Waals surface area contributed by atoms with Crippen molar-refractivity contribution in [3.8, 4) is 0 Å². The number of nitro benzene ring substituents is 1. The van der Waals surface area contributed by atoms with Crippen LogP contribution in [-0.4, -0.2) is 14.9 Å². The number of nitrogens with one attached hydrogen (secondary N) is 1. The van der Waals surface area contributed by atoms with Gasteiger partial charge in [-0.2, -0.15) is 0 Å². The summed E-state index contributed by atoms with van der Waals surface area (Å²) in [5.74, 6) is 0. The highest BCUT2D eigenvalue weighted by Gasteiger charge is 2.19. The van der Waals surface area contributed by atoms with Crippen LogP contribution in [0.25, 0.3) is 11.0 Å². The first-order valence-electron chi connectivity index (χ1n) is 3.89. The van der Waals surface area contributed by atoms with Crippen molar-refractivity contribution in [3.05, 3.63) is 34.1 Å². The molecule has 0 fully saturated rings. The van der Waals surface area contributed by atoms with Crippen LogP contribution < -0.4 is 0 Å². The molecule has 0 saturated carbocycles. The summed E-state index contributed by atoms with van der Waals surface area (Å²) in [4.78, 5) is 17.2. The SMILES string of the molecule is O=[N+]([O-])c1c(CBr)ccc2[nH]cnc12. The van der Waals surface area contributed by atoms with Gasteiger partial charge in [-0.15, -0.1) is 0 Å². The summed E-state index contributed by atoms with van der Waals surface area (Å²) < 4.78 is 0. The Morgan fingerprint density at radius 3 is 3.00 bits per heavy atom. The van der Waals surface area contributed by atoms with E-state index in [1.54, 1.807) is 12.1 Å². The molecule has 1 N–H and O–H groups in total. The molecule has 0 amide bonds. The molecule has 72 valence electrons. The Kier molecular flexibility index (Phi) is 2.20. The van der Waals surface area contributed by atoms with E-state index in [1.165, 1.54) is 6.33 Å². The van der Waals surface area contributed by atoms with E-state index in [4.69, 9.17) is 0 Å². The molecule has 1 aromatic heterocycles. The van der Waals surface area contributed by atoms with Gasteiger partial charge in [0.05, 0.1) is 16.8 Å². The van der Waals surface area contributed by atoms with E-state index in [2.05, 4.69) is 25.9 Å². The topological polar surface area (TPSA) is 71.8 Å². The minimum absolute atomic E-state index is 0.0700. The van der Waals surface area contributed by atoms with Crippen LogP contribution in [-0.2, 0) is 5.33 Å². The van der Waals surface area contributed by atoms with Gasteiger partial charge in [-0.05, 0) is 12.1 Å². The first-order valence-corrected chi connectivity index (χ1v) is 5.01. The highest BCUT2D eigenvalue weighted by atomic mass is 79.9. The number of fused-ring (bicyclic) bond motifs is 1. The summed E-state index contributed by atoms with van der Waals surface area (Å²) >= 11 is 3.21. The predicted molar refractivity (Wildman–Crippen MR) is 55.4 cm³/mol. The van der Waals surface area contributed by atoms with Gasteiger partial charge in [0.1, 0.15) is 0 Å². The third-order valence-corrected chi connectivity index (χ3v) is 2.58. The van der Waals surface area contributed by atoms with Gasteiger partial charge in [-0.3, -0.25) is 10.1 Å². The molecule has 0 bridgehead atoms. The second-order valence-electron chi connectivity index (χ2n) is 2.76. The summed E-state index contributed by atoms with van der Waals surface area (Å²) in [6.07, 6.45) is 1.45. The molecule has 2 rings (SSSR count). The fourth-order valence-electron chi connectivity index (χ4n) is 1.35. The molecule has 0 saturated heterocycles. The maximum atomic E-state index is 10.8. The Morgan fingerprint density at radius 1 is 1.57 bits per heavy atom. The smallest absolute Gasteiger partial charge is 0.301 e. The first-order chi connectivity index (χ1) is 6.74. The van der Waals surface area contributed by atoms with Crippen LogP contribution in [0.4, 0.5) is 5.69 Å².